The van der Waals surface area contributed by atoms with Gasteiger partial charge in [0.25, 0.3) is 11.8 Å². The topological polar surface area (TPSA) is 133 Å². The molecule has 0 spiro atoms. The lowest BCUT2D eigenvalue weighted by molar-refractivity contribution is -0.141. The Hall–Kier alpha value is -3.27. The summed E-state index contributed by atoms with van der Waals surface area (Å²) in [6, 6.07) is 7.46. The summed E-state index contributed by atoms with van der Waals surface area (Å²) in [4.78, 5) is 65.9. The first-order valence-electron chi connectivity index (χ1n) is 14.2. The minimum atomic E-state index is -1.18. The first-order chi connectivity index (χ1) is 19.0. The predicted octanol–water partition coefficient (Wildman–Crippen LogP) is 3.46. The molecule has 2 aromatic rings. The van der Waals surface area contributed by atoms with Crippen molar-refractivity contribution in [3.8, 4) is 0 Å². The molecule has 10 heteroatoms. The van der Waals surface area contributed by atoms with E-state index in [2.05, 4.69) is 21.3 Å². The highest BCUT2D eigenvalue weighted by atomic mass is 32.1. The molecule has 2 fully saturated rings. The highest BCUT2D eigenvalue weighted by molar-refractivity contribution is 7.20. The van der Waals surface area contributed by atoms with Gasteiger partial charge in [-0.05, 0) is 63.5 Å². The van der Waals surface area contributed by atoms with Crippen LogP contribution < -0.4 is 21.3 Å². The van der Waals surface area contributed by atoms with Gasteiger partial charge >= 0.3 is 0 Å². The molecule has 1 aliphatic heterocycles. The lowest BCUT2D eigenvalue weighted by atomic mass is 9.84. The molecule has 1 aromatic heterocycles. The van der Waals surface area contributed by atoms with Crippen molar-refractivity contribution in [3.63, 3.8) is 0 Å². The Kier molecular flexibility index (Phi) is 9.60. The summed E-state index contributed by atoms with van der Waals surface area (Å²) in [5, 5.41) is 12.1. The zero-order valence-corrected chi connectivity index (χ0v) is 24.3. The summed E-state index contributed by atoms with van der Waals surface area (Å²) < 4.78 is 0.978. The minimum Gasteiger partial charge on any atom is -0.356 e. The second-order valence-electron chi connectivity index (χ2n) is 12.1. The number of amides is 4. The Morgan fingerprint density at radius 2 is 1.70 bits per heavy atom. The van der Waals surface area contributed by atoms with Crippen LogP contribution in [0.1, 0.15) is 81.8 Å². The number of ketones is 1. The number of fused-ring (bicyclic) bond motifs is 1. The van der Waals surface area contributed by atoms with Gasteiger partial charge in [0.15, 0.2) is 0 Å². The van der Waals surface area contributed by atoms with Gasteiger partial charge in [0.2, 0.25) is 17.6 Å². The average molecular weight is 569 g/mol. The van der Waals surface area contributed by atoms with Gasteiger partial charge in [-0.25, -0.2) is 0 Å². The van der Waals surface area contributed by atoms with Crippen molar-refractivity contribution in [1.82, 2.24) is 21.3 Å². The molecule has 216 valence electrons. The number of rotatable bonds is 10. The molecule has 3 atom stereocenters. The van der Waals surface area contributed by atoms with Crippen LogP contribution in [-0.2, 0) is 19.2 Å². The fraction of sp³-hybridized carbons (Fsp3) is 0.567. The number of benzene rings is 1. The van der Waals surface area contributed by atoms with Crippen LogP contribution in [0, 0.1) is 11.8 Å². The van der Waals surface area contributed by atoms with Gasteiger partial charge in [-0.1, -0.05) is 50.3 Å². The van der Waals surface area contributed by atoms with Crippen LogP contribution in [-0.4, -0.2) is 53.6 Å². The van der Waals surface area contributed by atoms with Crippen LogP contribution >= 0.6 is 11.3 Å². The Morgan fingerprint density at radius 3 is 2.35 bits per heavy atom. The van der Waals surface area contributed by atoms with E-state index in [1.807, 2.05) is 30.3 Å². The fourth-order valence-corrected chi connectivity index (χ4v) is 6.50. The molecule has 0 unspecified atom stereocenters. The highest BCUT2D eigenvalue weighted by Gasteiger charge is 2.37. The molecule has 2 heterocycles. The summed E-state index contributed by atoms with van der Waals surface area (Å²) in [5.74, 6) is -2.88. The first-order valence-corrected chi connectivity index (χ1v) is 15.1. The van der Waals surface area contributed by atoms with Gasteiger partial charge in [-0.2, -0.15) is 0 Å². The van der Waals surface area contributed by atoms with E-state index >= 15 is 0 Å². The number of hydrogen-bond acceptors (Lipinski definition) is 6. The van der Waals surface area contributed by atoms with Gasteiger partial charge in [0.05, 0.1) is 10.9 Å². The maximum absolute atomic E-state index is 13.7. The zero-order chi connectivity index (χ0) is 28.9. The number of nitrogens with one attached hydrogen (secondary N) is 4. The number of thiophene rings is 1. The van der Waals surface area contributed by atoms with Gasteiger partial charge in [-0.3, -0.25) is 24.0 Å². The molecule has 2 aliphatic rings. The van der Waals surface area contributed by atoms with Crippen LogP contribution in [0.2, 0.25) is 0 Å². The second kappa shape index (κ2) is 12.9. The Bertz CT molecular complexity index is 1230. The molecule has 1 saturated carbocycles. The average Bonchev–Trinajstić information content (AvgIpc) is 3.53. The largest absolute Gasteiger partial charge is 0.356 e. The van der Waals surface area contributed by atoms with Crippen LogP contribution in [0.25, 0.3) is 10.1 Å². The quantitative estimate of drug-likeness (QED) is 0.326. The van der Waals surface area contributed by atoms with E-state index in [9.17, 15) is 24.0 Å². The smallest absolute Gasteiger partial charge is 0.290 e. The summed E-state index contributed by atoms with van der Waals surface area (Å²) >= 11 is 1.36. The molecule has 1 aliphatic carbocycles. The highest BCUT2D eigenvalue weighted by Crippen LogP contribution is 2.29. The van der Waals surface area contributed by atoms with Crippen LogP contribution in [0.5, 0.6) is 0 Å². The summed E-state index contributed by atoms with van der Waals surface area (Å²) in [6.45, 7) is 5.78. The third kappa shape index (κ3) is 7.90. The maximum Gasteiger partial charge on any atom is 0.290 e. The second-order valence-corrected chi connectivity index (χ2v) is 13.1. The molecule has 4 rings (SSSR count). The number of Topliss-reactive ketones (excluding diaryl/α,β-unsaturated/α-hetero) is 1. The van der Waals surface area contributed by atoms with Gasteiger partial charge in [0, 0.05) is 22.7 Å². The van der Waals surface area contributed by atoms with Gasteiger partial charge in [-0.15, -0.1) is 11.3 Å². The van der Waals surface area contributed by atoms with Crippen molar-refractivity contribution >= 4 is 50.8 Å². The van der Waals surface area contributed by atoms with Crippen molar-refractivity contribution in [2.24, 2.45) is 11.8 Å². The van der Waals surface area contributed by atoms with Crippen LogP contribution in [0.3, 0.4) is 0 Å². The van der Waals surface area contributed by atoms with Gasteiger partial charge < -0.3 is 21.3 Å². The molecular formula is C30H40N4O5S. The number of carbonyl (C=O) groups is 5. The number of hydrogen-bond donors (Lipinski definition) is 4. The van der Waals surface area contributed by atoms with E-state index in [0.29, 0.717) is 24.3 Å². The molecule has 1 aromatic carbocycles. The molecular weight excluding hydrogens is 528 g/mol. The maximum atomic E-state index is 13.7. The lowest BCUT2D eigenvalue weighted by Crippen LogP contribution is -2.56. The minimum absolute atomic E-state index is 0.0222. The van der Waals surface area contributed by atoms with E-state index in [0.717, 1.165) is 42.2 Å². The van der Waals surface area contributed by atoms with Crippen LogP contribution in [0.4, 0.5) is 0 Å². The Balaban J connectivity index is 1.54. The molecule has 9 nitrogen and oxygen atoms in total. The van der Waals surface area contributed by atoms with Crippen molar-refractivity contribution in [2.45, 2.75) is 89.8 Å². The third-order valence-corrected chi connectivity index (χ3v) is 8.71. The van der Waals surface area contributed by atoms with E-state index in [1.165, 1.54) is 11.3 Å². The van der Waals surface area contributed by atoms with E-state index < -0.39 is 41.1 Å². The first kappa shape index (κ1) is 29.7. The summed E-state index contributed by atoms with van der Waals surface area (Å²) in [6.07, 6.45) is 6.25. The molecule has 1 saturated heterocycles. The molecule has 0 radical (unpaired) electrons. The SMILES string of the molecule is CC(C)(C)NC(=O)C(=O)[C@H](C[C@@H]1CCNC1=O)NC(=O)[C@H](CC1CCCCC1)NC(=O)c1cc2ccccc2s1. The summed E-state index contributed by atoms with van der Waals surface area (Å²) in [5.41, 5.74) is -0.645. The lowest BCUT2D eigenvalue weighted by Gasteiger charge is -2.28. The van der Waals surface area contributed by atoms with Crippen molar-refractivity contribution in [3.05, 3.63) is 35.2 Å². The van der Waals surface area contributed by atoms with E-state index in [4.69, 9.17) is 0 Å². The van der Waals surface area contributed by atoms with E-state index in [-0.39, 0.29) is 24.2 Å². The normalized spacial score (nSPS) is 19.5. The molecule has 4 amide bonds. The molecule has 0 bridgehead atoms. The van der Waals surface area contributed by atoms with Gasteiger partial charge in [0.1, 0.15) is 6.04 Å². The zero-order valence-electron chi connectivity index (χ0n) is 23.5. The van der Waals surface area contributed by atoms with Crippen LogP contribution in [0.15, 0.2) is 30.3 Å². The van der Waals surface area contributed by atoms with Crippen molar-refractivity contribution in [2.75, 3.05) is 6.54 Å². The Labute approximate surface area is 239 Å². The standard InChI is InChI=1S/C30H40N4O5S/c1-30(2,3)34-29(39)25(35)21(16-20-13-14-31-26(20)36)32-27(37)22(15-18-9-5-4-6-10-18)33-28(38)24-17-19-11-7-8-12-23(19)40-24/h7-8,11-12,17-18,20-22H,4-6,9-10,13-16H2,1-3H3,(H,31,36)(H,32,37)(H,33,38)(H,34,39)/t20-,21-,22-/m0/s1. The van der Waals surface area contributed by atoms with Crippen molar-refractivity contribution in [1.29, 1.82) is 0 Å². The van der Waals surface area contributed by atoms with E-state index in [1.54, 1.807) is 20.8 Å². The van der Waals surface area contributed by atoms with Crippen molar-refractivity contribution < 1.29 is 24.0 Å². The fourth-order valence-electron chi connectivity index (χ4n) is 5.53. The monoisotopic (exact) mass is 568 g/mol. The Morgan fingerprint density at radius 1 is 0.975 bits per heavy atom. The summed E-state index contributed by atoms with van der Waals surface area (Å²) in [7, 11) is 0. The molecule has 40 heavy (non-hydrogen) atoms. The predicted molar refractivity (Wildman–Crippen MR) is 155 cm³/mol. The number of carbonyl (C=O) groups excluding carboxylic acids is 5. The third-order valence-electron chi connectivity index (χ3n) is 7.59. The molecule has 4 N–H and O–H groups in total.